The Kier molecular flexibility index (Phi) is 5.31. The predicted octanol–water partition coefficient (Wildman–Crippen LogP) is 4.50. The quantitative estimate of drug-likeness (QED) is 0.633. The molecule has 24 heavy (non-hydrogen) atoms. The molecule has 7 heteroatoms. The molecule has 0 saturated carbocycles. The van der Waals surface area contributed by atoms with E-state index in [0.717, 1.165) is 33.4 Å². The SMILES string of the molecule is O=P(O)(NCc1ccc(F)cc1)SCc1cccc2cccnc12. The lowest BCUT2D eigenvalue weighted by Gasteiger charge is -2.13. The second kappa shape index (κ2) is 7.45. The number of nitrogens with one attached hydrogen (secondary N) is 1. The zero-order valence-electron chi connectivity index (χ0n) is 12.7. The summed E-state index contributed by atoms with van der Waals surface area (Å²) in [7, 11) is 0. The summed E-state index contributed by atoms with van der Waals surface area (Å²) < 4.78 is 25.1. The number of aromatic nitrogens is 1. The summed E-state index contributed by atoms with van der Waals surface area (Å²) in [4.78, 5) is 14.4. The summed E-state index contributed by atoms with van der Waals surface area (Å²) in [6.07, 6.45) is 1.71. The van der Waals surface area contributed by atoms with E-state index in [2.05, 4.69) is 10.1 Å². The van der Waals surface area contributed by atoms with Gasteiger partial charge in [0.25, 0.3) is 0 Å². The number of nitrogens with zero attached hydrogens (tertiary/aromatic N) is 1. The van der Waals surface area contributed by atoms with Crippen molar-refractivity contribution >= 4 is 29.0 Å². The summed E-state index contributed by atoms with van der Waals surface area (Å²) in [6.45, 7) is -3.36. The zero-order chi connectivity index (χ0) is 17.0. The van der Waals surface area contributed by atoms with Gasteiger partial charge in [0, 0.05) is 23.9 Å². The maximum Gasteiger partial charge on any atom is 0.324 e. The van der Waals surface area contributed by atoms with Crippen LogP contribution in [0.5, 0.6) is 0 Å². The molecule has 1 unspecified atom stereocenters. The number of para-hydroxylation sites is 1. The van der Waals surface area contributed by atoms with Crippen LogP contribution in [0.3, 0.4) is 0 Å². The van der Waals surface area contributed by atoms with Crippen molar-refractivity contribution in [3.05, 3.63) is 77.7 Å². The third kappa shape index (κ3) is 4.42. The van der Waals surface area contributed by atoms with Gasteiger partial charge >= 0.3 is 6.72 Å². The maximum absolute atomic E-state index is 12.9. The molecule has 0 aliphatic heterocycles. The molecular formula is C17H16FN2O2PS. The number of fused-ring (bicyclic) bond motifs is 1. The molecule has 1 atom stereocenters. The van der Waals surface area contributed by atoms with Crippen molar-refractivity contribution in [2.24, 2.45) is 0 Å². The van der Waals surface area contributed by atoms with Gasteiger partial charge in [0.1, 0.15) is 5.82 Å². The monoisotopic (exact) mass is 362 g/mol. The van der Waals surface area contributed by atoms with Crippen LogP contribution in [-0.4, -0.2) is 9.88 Å². The normalized spacial score (nSPS) is 13.8. The molecule has 0 amide bonds. The topological polar surface area (TPSA) is 62.2 Å². The molecule has 0 spiro atoms. The smallest absolute Gasteiger partial charge is 0.324 e. The van der Waals surface area contributed by atoms with Crippen LogP contribution >= 0.6 is 18.1 Å². The Hall–Kier alpha value is -1.72. The van der Waals surface area contributed by atoms with E-state index in [1.165, 1.54) is 12.1 Å². The molecule has 4 nitrogen and oxygen atoms in total. The second-order valence-corrected chi connectivity index (χ2v) is 9.41. The Morgan fingerprint density at radius 1 is 1.12 bits per heavy atom. The highest BCUT2D eigenvalue weighted by Gasteiger charge is 2.19. The molecule has 0 bridgehead atoms. The van der Waals surface area contributed by atoms with E-state index in [-0.39, 0.29) is 12.4 Å². The van der Waals surface area contributed by atoms with E-state index < -0.39 is 6.72 Å². The fourth-order valence-electron chi connectivity index (χ4n) is 2.28. The Morgan fingerprint density at radius 2 is 1.88 bits per heavy atom. The molecule has 0 fully saturated rings. The van der Waals surface area contributed by atoms with Crippen LogP contribution in [-0.2, 0) is 16.9 Å². The highest BCUT2D eigenvalue weighted by Crippen LogP contribution is 2.52. The molecule has 0 radical (unpaired) electrons. The average Bonchev–Trinajstić information content (AvgIpc) is 2.59. The number of halogens is 1. The van der Waals surface area contributed by atoms with Gasteiger partial charge in [-0.3, -0.25) is 9.55 Å². The minimum atomic E-state index is -3.57. The van der Waals surface area contributed by atoms with Gasteiger partial charge < -0.3 is 4.89 Å². The Morgan fingerprint density at radius 3 is 2.67 bits per heavy atom. The number of benzene rings is 2. The van der Waals surface area contributed by atoms with E-state index in [1.54, 1.807) is 18.3 Å². The van der Waals surface area contributed by atoms with Crippen LogP contribution in [0.4, 0.5) is 4.39 Å². The van der Waals surface area contributed by atoms with Gasteiger partial charge in [-0.2, -0.15) is 0 Å². The van der Waals surface area contributed by atoms with Gasteiger partial charge in [0.15, 0.2) is 0 Å². The number of hydrogen-bond donors (Lipinski definition) is 2. The summed E-state index contributed by atoms with van der Waals surface area (Å²) in [5.41, 5.74) is 2.50. The first kappa shape index (κ1) is 17.1. The van der Waals surface area contributed by atoms with Crippen molar-refractivity contribution in [3.8, 4) is 0 Å². The van der Waals surface area contributed by atoms with Crippen LogP contribution in [0.25, 0.3) is 10.9 Å². The first-order valence-electron chi connectivity index (χ1n) is 7.33. The van der Waals surface area contributed by atoms with Gasteiger partial charge in [-0.25, -0.2) is 9.48 Å². The molecular weight excluding hydrogens is 346 g/mol. The lowest BCUT2D eigenvalue weighted by Crippen LogP contribution is -2.08. The fourth-order valence-corrected chi connectivity index (χ4v) is 4.71. The van der Waals surface area contributed by atoms with E-state index in [1.807, 2.05) is 30.3 Å². The maximum atomic E-state index is 12.9. The Labute approximate surface area is 143 Å². The van der Waals surface area contributed by atoms with Crippen molar-refractivity contribution in [3.63, 3.8) is 0 Å². The predicted molar refractivity (Wildman–Crippen MR) is 96.1 cm³/mol. The third-order valence-corrected chi connectivity index (χ3v) is 6.68. The van der Waals surface area contributed by atoms with Crippen molar-refractivity contribution in [1.29, 1.82) is 0 Å². The molecule has 3 rings (SSSR count). The Bertz CT molecular complexity index is 884. The van der Waals surface area contributed by atoms with E-state index in [9.17, 15) is 13.8 Å². The van der Waals surface area contributed by atoms with E-state index in [4.69, 9.17) is 0 Å². The van der Waals surface area contributed by atoms with Crippen molar-refractivity contribution in [1.82, 2.24) is 10.1 Å². The van der Waals surface area contributed by atoms with Crippen molar-refractivity contribution in [2.45, 2.75) is 12.3 Å². The van der Waals surface area contributed by atoms with Crippen LogP contribution in [0.15, 0.2) is 60.8 Å². The van der Waals surface area contributed by atoms with E-state index >= 15 is 0 Å². The molecule has 3 aromatic rings. The molecule has 2 N–H and O–H groups in total. The number of hydrogen-bond acceptors (Lipinski definition) is 3. The summed E-state index contributed by atoms with van der Waals surface area (Å²) in [6, 6.07) is 15.4. The second-order valence-electron chi connectivity index (χ2n) is 5.25. The largest absolute Gasteiger partial charge is 0.326 e. The van der Waals surface area contributed by atoms with Gasteiger partial charge in [0.05, 0.1) is 5.52 Å². The van der Waals surface area contributed by atoms with Gasteiger partial charge in [-0.05, 0) is 40.7 Å². The first-order chi connectivity index (χ1) is 11.5. The Balaban J connectivity index is 1.64. The van der Waals surface area contributed by atoms with Crippen LogP contribution in [0.2, 0.25) is 0 Å². The summed E-state index contributed by atoms with van der Waals surface area (Å²) in [5.74, 6) is 0.0437. The van der Waals surface area contributed by atoms with Crippen LogP contribution < -0.4 is 5.09 Å². The van der Waals surface area contributed by atoms with Crippen LogP contribution in [0, 0.1) is 5.82 Å². The minimum absolute atomic E-state index is 0.203. The third-order valence-electron chi connectivity index (χ3n) is 3.51. The number of pyridine rings is 1. The summed E-state index contributed by atoms with van der Waals surface area (Å²) >= 11 is 0.955. The molecule has 2 aromatic carbocycles. The molecule has 0 aliphatic carbocycles. The molecule has 1 heterocycles. The van der Waals surface area contributed by atoms with Gasteiger partial charge in [-0.1, -0.05) is 36.4 Å². The first-order valence-corrected chi connectivity index (χ1v) is 10.6. The highest BCUT2D eigenvalue weighted by molar-refractivity contribution is 8.55. The number of rotatable bonds is 6. The standard InChI is InChI=1S/C17H16FN2O2PS/c18-16-8-6-13(7-9-16)11-20-23(21,22)24-12-15-4-1-3-14-5-2-10-19-17(14)15/h1-10H,11-12H2,(H2,20,21,22). The zero-order valence-corrected chi connectivity index (χ0v) is 14.4. The molecule has 0 aliphatic rings. The molecule has 1 aromatic heterocycles. The van der Waals surface area contributed by atoms with Crippen molar-refractivity contribution < 1.29 is 13.8 Å². The highest BCUT2D eigenvalue weighted by atomic mass is 32.7. The lowest BCUT2D eigenvalue weighted by atomic mass is 10.1. The summed E-state index contributed by atoms with van der Waals surface area (Å²) in [5, 5.41) is 3.65. The molecule has 0 saturated heterocycles. The average molecular weight is 362 g/mol. The van der Waals surface area contributed by atoms with Gasteiger partial charge in [0.2, 0.25) is 0 Å². The molecule has 124 valence electrons. The van der Waals surface area contributed by atoms with Crippen molar-refractivity contribution in [2.75, 3.05) is 0 Å². The lowest BCUT2D eigenvalue weighted by molar-refractivity contribution is 0.482. The van der Waals surface area contributed by atoms with Gasteiger partial charge in [-0.15, -0.1) is 0 Å². The minimum Gasteiger partial charge on any atom is -0.326 e. The van der Waals surface area contributed by atoms with E-state index in [0.29, 0.717) is 5.75 Å². The fraction of sp³-hybridized carbons (Fsp3) is 0.118. The van der Waals surface area contributed by atoms with Crippen LogP contribution in [0.1, 0.15) is 11.1 Å².